The standard InChI is InChI=1S/C17H20Br3NO4/c1-5-13(25-10-8-11(18)15(20)12(19)9-10)16(23)21-17(2,3)7-6-14(22)24-4/h6-9,13H,5H2,1-4H3,(H,21,23)/b7-6+/t13-/m1/s1. The molecule has 0 unspecified atom stereocenters. The van der Waals surface area contributed by atoms with Crippen molar-refractivity contribution in [3.05, 3.63) is 37.7 Å². The van der Waals surface area contributed by atoms with Crippen LogP contribution < -0.4 is 10.1 Å². The highest BCUT2D eigenvalue weighted by molar-refractivity contribution is 9.14. The summed E-state index contributed by atoms with van der Waals surface area (Å²) >= 11 is 10.3. The maximum atomic E-state index is 12.5. The molecule has 138 valence electrons. The summed E-state index contributed by atoms with van der Waals surface area (Å²) in [6.45, 7) is 5.43. The third-order valence-electron chi connectivity index (χ3n) is 3.18. The Morgan fingerprint density at radius 1 is 1.24 bits per heavy atom. The Kier molecular flexibility index (Phi) is 8.63. The average Bonchev–Trinajstić information content (AvgIpc) is 2.54. The lowest BCUT2D eigenvalue weighted by atomic mass is 10.0. The Labute approximate surface area is 172 Å². The molecule has 1 amide bonds. The quantitative estimate of drug-likeness (QED) is 0.307. The average molecular weight is 542 g/mol. The maximum absolute atomic E-state index is 12.5. The third kappa shape index (κ3) is 7.11. The number of amides is 1. The Balaban J connectivity index is 2.84. The second kappa shape index (κ2) is 9.73. The van der Waals surface area contributed by atoms with Gasteiger partial charge >= 0.3 is 5.97 Å². The lowest BCUT2D eigenvalue weighted by molar-refractivity contribution is -0.135. The van der Waals surface area contributed by atoms with Gasteiger partial charge in [0.1, 0.15) is 5.75 Å². The van der Waals surface area contributed by atoms with E-state index in [1.54, 1.807) is 32.1 Å². The SMILES string of the molecule is CC[C@@H](Oc1cc(Br)c(Br)c(Br)c1)C(=O)NC(C)(C)/C=C/C(=O)OC. The molecule has 1 aromatic carbocycles. The summed E-state index contributed by atoms with van der Waals surface area (Å²) in [6.07, 6.45) is 2.70. The van der Waals surface area contributed by atoms with Crippen LogP contribution in [0.3, 0.4) is 0 Å². The van der Waals surface area contributed by atoms with E-state index in [4.69, 9.17) is 4.74 Å². The number of halogens is 3. The molecule has 0 saturated carbocycles. The first-order valence-electron chi connectivity index (χ1n) is 7.50. The predicted octanol–water partition coefficient (Wildman–Crippen LogP) is 4.76. The van der Waals surface area contributed by atoms with E-state index in [2.05, 4.69) is 57.8 Å². The van der Waals surface area contributed by atoms with Gasteiger partial charge in [-0.3, -0.25) is 4.79 Å². The molecular formula is C17H20Br3NO4. The molecule has 25 heavy (non-hydrogen) atoms. The molecule has 5 nitrogen and oxygen atoms in total. The minimum atomic E-state index is -0.719. The van der Waals surface area contributed by atoms with Crippen LogP contribution in [0.2, 0.25) is 0 Å². The van der Waals surface area contributed by atoms with Gasteiger partial charge in [-0.2, -0.15) is 0 Å². The van der Waals surface area contributed by atoms with Crippen molar-refractivity contribution >= 4 is 59.7 Å². The second-order valence-electron chi connectivity index (χ2n) is 5.78. The van der Waals surface area contributed by atoms with Crippen LogP contribution in [0.4, 0.5) is 0 Å². The highest BCUT2D eigenvalue weighted by atomic mass is 79.9. The number of nitrogens with one attached hydrogen (secondary N) is 1. The van der Waals surface area contributed by atoms with E-state index in [0.29, 0.717) is 12.2 Å². The molecule has 1 aromatic rings. The van der Waals surface area contributed by atoms with Gasteiger partial charge in [0.2, 0.25) is 0 Å². The topological polar surface area (TPSA) is 64.6 Å². The first-order valence-corrected chi connectivity index (χ1v) is 9.88. The maximum Gasteiger partial charge on any atom is 0.330 e. The number of rotatable bonds is 7. The molecule has 0 aliphatic rings. The van der Waals surface area contributed by atoms with Crippen molar-refractivity contribution in [2.45, 2.75) is 38.8 Å². The fourth-order valence-electron chi connectivity index (χ4n) is 1.87. The predicted molar refractivity (Wildman–Crippen MR) is 108 cm³/mol. The Hall–Kier alpha value is -0.860. The van der Waals surface area contributed by atoms with Crippen molar-refractivity contribution in [1.29, 1.82) is 0 Å². The van der Waals surface area contributed by atoms with Gasteiger partial charge in [0.05, 0.1) is 12.6 Å². The monoisotopic (exact) mass is 539 g/mol. The van der Waals surface area contributed by atoms with Crippen LogP contribution in [0.15, 0.2) is 37.7 Å². The molecule has 8 heteroatoms. The van der Waals surface area contributed by atoms with E-state index >= 15 is 0 Å². The number of carbonyl (C=O) groups excluding carboxylic acids is 2. The zero-order valence-electron chi connectivity index (χ0n) is 14.4. The lowest BCUT2D eigenvalue weighted by Gasteiger charge is -2.26. The summed E-state index contributed by atoms with van der Waals surface area (Å²) in [7, 11) is 1.30. The van der Waals surface area contributed by atoms with Gasteiger partial charge in [0.15, 0.2) is 6.10 Å². The van der Waals surface area contributed by atoms with Crippen molar-refractivity contribution < 1.29 is 19.1 Å². The minimum absolute atomic E-state index is 0.267. The van der Waals surface area contributed by atoms with E-state index in [-0.39, 0.29) is 5.91 Å². The zero-order valence-corrected chi connectivity index (χ0v) is 19.1. The van der Waals surface area contributed by atoms with E-state index in [1.165, 1.54) is 13.2 Å². The van der Waals surface area contributed by atoms with E-state index < -0.39 is 17.6 Å². The minimum Gasteiger partial charge on any atom is -0.481 e. The molecule has 0 bridgehead atoms. The van der Waals surface area contributed by atoms with Crippen LogP contribution in [0.5, 0.6) is 5.75 Å². The molecule has 0 aliphatic carbocycles. The summed E-state index contributed by atoms with van der Waals surface area (Å²) < 4.78 is 12.9. The summed E-state index contributed by atoms with van der Waals surface area (Å²) in [6, 6.07) is 3.57. The summed E-state index contributed by atoms with van der Waals surface area (Å²) in [5, 5.41) is 2.86. The molecule has 0 aliphatic heterocycles. The molecule has 0 fully saturated rings. The molecule has 0 aromatic heterocycles. The number of carbonyl (C=O) groups is 2. The highest BCUT2D eigenvalue weighted by Gasteiger charge is 2.25. The second-order valence-corrected chi connectivity index (χ2v) is 8.28. The number of hydrogen-bond acceptors (Lipinski definition) is 4. The molecule has 0 spiro atoms. The summed E-state index contributed by atoms with van der Waals surface area (Å²) in [4.78, 5) is 23.7. The van der Waals surface area contributed by atoms with Crippen molar-refractivity contribution in [1.82, 2.24) is 5.32 Å². The van der Waals surface area contributed by atoms with E-state index in [0.717, 1.165) is 13.4 Å². The van der Waals surface area contributed by atoms with Crippen LogP contribution in [0.25, 0.3) is 0 Å². The number of methoxy groups -OCH3 is 1. The van der Waals surface area contributed by atoms with Gasteiger partial charge in [-0.15, -0.1) is 0 Å². The number of benzene rings is 1. The number of hydrogen-bond donors (Lipinski definition) is 1. The van der Waals surface area contributed by atoms with Crippen LogP contribution in [0.1, 0.15) is 27.2 Å². The van der Waals surface area contributed by atoms with Gasteiger partial charge in [-0.25, -0.2) is 4.79 Å². The van der Waals surface area contributed by atoms with Crippen LogP contribution in [0, 0.1) is 0 Å². The van der Waals surface area contributed by atoms with E-state index in [1.807, 2.05) is 6.92 Å². The molecule has 1 atom stereocenters. The number of ether oxygens (including phenoxy) is 2. The Morgan fingerprint density at radius 2 is 1.80 bits per heavy atom. The molecule has 1 N–H and O–H groups in total. The van der Waals surface area contributed by atoms with E-state index in [9.17, 15) is 9.59 Å². The zero-order chi connectivity index (χ0) is 19.2. The fraction of sp³-hybridized carbons (Fsp3) is 0.412. The molecule has 0 heterocycles. The number of esters is 1. The van der Waals surface area contributed by atoms with Crippen molar-refractivity contribution in [2.75, 3.05) is 7.11 Å². The lowest BCUT2D eigenvalue weighted by Crippen LogP contribution is -2.48. The first-order chi connectivity index (χ1) is 11.6. The summed E-state index contributed by atoms with van der Waals surface area (Å²) in [5.41, 5.74) is -0.719. The van der Waals surface area contributed by atoms with Gasteiger partial charge in [-0.05, 0) is 80.2 Å². The summed E-state index contributed by atoms with van der Waals surface area (Å²) in [5.74, 6) is -0.181. The third-order valence-corrected chi connectivity index (χ3v) is 6.35. The fourth-order valence-corrected chi connectivity index (χ4v) is 3.24. The van der Waals surface area contributed by atoms with Gasteiger partial charge in [0, 0.05) is 19.5 Å². The van der Waals surface area contributed by atoms with Gasteiger partial charge in [-0.1, -0.05) is 13.0 Å². The highest BCUT2D eigenvalue weighted by Crippen LogP contribution is 2.35. The first kappa shape index (κ1) is 22.2. The smallest absolute Gasteiger partial charge is 0.330 e. The van der Waals surface area contributed by atoms with Crippen LogP contribution in [-0.4, -0.2) is 30.6 Å². The Bertz CT molecular complexity index is 651. The normalized spacial score (nSPS) is 12.8. The van der Waals surface area contributed by atoms with Crippen molar-refractivity contribution in [2.24, 2.45) is 0 Å². The van der Waals surface area contributed by atoms with Crippen molar-refractivity contribution in [3.8, 4) is 5.75 Å². The van der Waals surface area contributed by atoms with Crippen molar-refractivity contribution in [3.63, 3.8) is 0 Å². The van der Waals surface area contributed by atoms with Crippen LogP contribution >= 0.6 is 47.8 Å². The molecule has 0 saturated heterocycles. The van der Waals surface area contributed by atoms with Gasteiger partial charge < -0.3 is 14.8 Å². The largest absolute Gasteiger partial charge is 0.481 e. The van der Waals surface area contributed by atoms with Crippen LogP contribution in [-0.2, 0) is 14.3 Å². The molecule has 1 rings (SSSR count). The van der Waals surface area contributed by atoms with Gasteiger partial charge in [0.25, 0.3) is 5.91 Å². The molecular weight excluding hydrogens is 522 g/mol. The molecule has 0 radical (unpaired) electrons. The Morgan fingerprint density at radius 3 is 2.28 bits per heavy atom.